The van der Waals surface area contributed by atoms with E-state index in [0.29, 0.717) is 6.54 Å². The van der Waals surface area contributed by atoms with Gasteiger partial charge in [0.25, 0.3) is 5.91 Å². The molecule has 10 nitrogen and oxygen atoms in total. The molecule has 0 aliphatic heterocycles. The number of nitrogens with one attached hydrogen (secondary N) is 2. The highest BCUT2D eigenvalue weighted by Gasteiger charge is 2.22. The summed E-state index contributed by atoms with van der Waals surface area (Å²) in [5.74, 6) is -1.63. The summed E-state index contributed by atoms with van der Waals surface area (Å²) >= 11 is 0. The van der Waals surface area contributed by atoms with Crippen molar-refractivity contribution in [3.63, 3.8) is 0 Å². The minimum Gasteiger partial charge on any atom is -0.478 e. The van der Waals surface area contributed by atoms with Gasteiger partial charge in [-0.25, -0.2) is 4.79 Å². The molecule has 3 N–H and O–H groups in total. The van der Waals surface area contributed by atoms with Gasteiger partial charge in [0.2, 0.25) is 5.91 Å². The number of nitrogens with zero attached hydrogens (tertiary/aromatic N) is 4. The summed E-state index contributed by atoms with van der Waals surface area (Å²) < 4.78 is 2.63. The lowest BCUT2D eigenvalue weighted by atomic mass is 10.2. The first kappa shape index (κ1) is 19.2. The molecule has 1 atom stereocenters. The smallest absolute Gasteiger partial charge is 0.338 e. The van der Waals surface area contributed by atoms with Crippen LogP contribution in [0.1, 0.15) is 47.7 Å². The molecule has 2 amide bonds. The molecule has 0 saturated carbocycles. The van der Waals surface area contributed by atoms with Crippen molar-refractivity contribution in [1.82, 2.24) is 24.9 Å². The topological polar surface area (TPSA) is 131 Å². The summed E-state index contributed by atoms with van der Waals surface area (Å²) in [6.45, 7) is 6.02. The van der Waals surface area contributed by atoms with Gasteiger partial charge in [0, 0.05) is 19.8 Å². The van der Waals surface area contributed by atoms with Crippen LogP contribution in [0.5, 0.6) is 0 Å². The van der Waals surface area contributed by atoms with Crippen LogP contribution in [0, 0.1) is 5.92 Å². The van der Waals surface area contributed by atoms with E-state index >= 15 is 0 Å². The van der Waals surface area contributed by atoms with Crippen molar-refractivity contribution >= 4 is 23.5 Å². The second kappa shape index (κ2) is 7.81. The highest BCUT2D eigenvalue weighted by molar-refractivity contribution is 6.03. The van der Waals surface area contributed by atoms with Crippen LogP contribution < -0.4 is 10.6 Å². The third-order valence-corrected chi connectivity index (χ3v) is 3.71. The molecule has 2 heterocycles. The van der Waals surface area contributed by atoms with Crippen LogP contribution in [0.25, 0.3) is 0 Å². The molecular formula is C16H22N6O4. The van der Waals surface area contributed by atoms with E-state index in [4.69, 9.17) is 5.11 Å². The van der Waals surface area contributed by atoms with Crippen molar-refractivity contribution in [2.75, 3.05) is 11.9 Å². The number of carbonyl (C=O) groups excluding carboxylic acids is 2. The maximum Gasteiger partial charge on any atom is 0.338 e. The number of hydrogen-bond acceptors (Lipinski definition) is 5. The van der Waals surface area contributed by atoms with Gasteiger partial charge in [0.05, 0.1) is 23.6 Å². The molecule has 0 saturated heterocycles. The molecule has 0 aliphatic rings. The lowest BCUT2D eigenvalue weighted by Crippen LogP contribution is -2.31. The molecule has 0 bridgehead atoms. The lowest BCUT2D eigenvalue weighted by Gasteiger charge is -2.13. The van der Waals surface area contributed by atoms with Crippen LogP contribution in [-0.4, -0.2) is 49.0 Å². The quantitative estimate of drug-likeness (QED) is 0.671. The normalized spacial score (nSPS) is 12.0. The molecule has 0 aromatic carbocycles. The molecule has 26 heavy (non-hydrogen) atoms. The van der Waals surface area contributed by atoms with Gasteiger partial charge in [-0.3, -0.25) is 19.0 Å². The zero-order chi connectivity index (χ0) is 19.4. The number of carboxylic acids is 1. The molecule has 2 aromatic heterocycles. The van der Waals surface area contributed by atoms with Gasteiger partial charge in [0.15, 0.2) is 0 Å². The van der Waals surface area contributed by atoms with Crippen LogP contribution in [0.2, 0.25) is 0 Å². The molecule has 10 heteroatoms. The van der Waals surface area contributed by atoms with E-state index in [-0.39, 0.29) is 28.8 Å². The first-order valence-electron chi connectivity index (χ1n) is 8.09. The second-order valence-electron chi connectivity index (χ2n) is 6.31. The fraction of sp³-hybridized carbons (Fsp3) is 0.438. The van der Waals surface area contributed by atoms with E-state index in [9.17, 15) is 14.4 Å². The number of carbonyl (C=O) groups is 3. The molecular weight excluding hydrogens is 340 g/mol. The minimum absolute atomic E-state index is 0.0141. The van der Waals surface area contributed by atoms with Crippen LogP contribution in [0.4, 0.5) is 5.69 Å². The molecule has 2 aromatic rings. The Labute approximate surface area is 150 Å². The maximum absolute atomic E-state index is 12.5. The number of hydrogen-bond donors (Lipinski definition) is 3. The molecule has 140 valence electrons. The van der Waals surface area contributed by atoms with E-state index in [0.717, 1.165) is 0 Å². The number of amides is 2. The van der Waals surface area contributed by atoms with Gasteiger partial charge in [-0.1, -0.05) is 13.8 Å². The summed E-state index contributed by atoms with van der Waals surface area (Å²) in [7, 11) is 1.61. The van der Waals surface area contributed by atoms with Crippen molar-refractivity contribution in [1.29, 1.82) is 0 Å². The van der Waals surface area contributed by atoms with E-state index in [2.05, 4.69) is 20.8 Å². The standard InChI is InChI=1S/C16H22N6O4/c1-9(2)5-17-15(24)13-12(7-18-21(13)4)20-14(23)10(3)22-8-11(6-19-22)16(25)26/h6-10H,5H2,1-4H3,(H,17,24)(H,20,23)(H,25,26). The fourth-order valence-electron chi connectivity index (χ4n) is 2.20. The molecule has 1 unspecified atom stereocenters. The Balaban J connectivity index is 2.13. The average molecular weight is 362 g/mol. The van der Waals surface area contributed by atoms with E-state index in [1.54, 1.807) is 14.0 Å². The zero-order valence-corrected chi connectivity index (χ0v) is 15.1. The summed E-state index contributed by atoms with van der Waals surface area (Å²) in [6, 6.07) is -0.769. The third kappa shape index (κ3) is 4.26. The highest BCUT2D eigenvalue weighted by Crippen LogP contribution is 2.17. The van der Waals surface area contributed by atoms with E-state index in [1.807, 2.05) is 13.8 Å². The van der Waals surface area contributed by atoms with Crippen molar-refractivity contribution in [2.24, 2.45) is 13.0 Å². The van der Waals surface area contributed by atoms with Crippen LogP contribution in [0.15, 0.2) is 18.6 Å². The Morgan fingerprint density at radius 1 is 1.19 bits per heavy atom. The van der Waals surface area contributed by atoms with Gasteiger partial charge < -0.3 is 15.7 Å². The first-order valence-corrected chi connectivity index (χ1v) is 8.09. The monoisotopic (exact) mass is 362 g/mol. The summed E-state index contributed by atoms with van der Waals surface area (Å²) in [4.78, 5) is 35.7. The molecule has 0 spiro atoms. The Kier molecular flexibility index (Phi) is 5.75. The van der Waals surface area contributed by atoms with Crippen molar-refractivity contribution < 1.29 is 19.5 Å². The minimum atomic E-state index is -1.12. The fourth-order valence-corrected chi connectivity index (χ4v) is 2.20. The number of aromatic nitrogens is 4. The van der Waals surface area contributed by atoms with E-state index < -0.39 is 17.9 Å². The third-order valence-electron chi connectivity index (χ3n) is 3.71. The van der Waals surface area contributed by atoms with Crippen molar-refractivity contribution in [3.8, 4) is 0 Å². The Morgan fingerprint density at radius 3 is 2.46 bits per heavy atom. The number of anilines is 1. The summed E-state index contributed by atoms with van der Waals surface area (Å²) in [6.07, 6.45) is 3.83. The first-order chi connectivity index (χ1) is 12.2. The van der Waals surface area contributed by atoms with Crippen LogP contribution >= 0.6 is 0 Å². The van der Waals surface area contributed by atoms with Gasteiger partial charge in [-0.05, 0) is 12.8 Å². The molecule has 0 fully saturated rings. The number of rotatable bonds is 7. The summed E-state index contributed by atoms with van der Waals surface area (Å²) in [5.41, 5.74) is 0.494. The van der Waals surface area contributed by atoms with Crippen LogP contribution in [0.3, 0.4) is 0 Å². The summed E-state index contributed by atoms with van der Waals surface area (Å²) in [5, 5.41) is 22.3. The second-order valence-corrected chi connectivity index (χ2v) is 6.31. The Bertz CT molecular complexity index is 823. The van der Waals surface area contributed by atoms with Crippen molar-refractivity contribution in [3.05, 3.63) is 29.8 Å². The molecule has 0 aliphatic carbocycles. The van der Waals surface area contributed by atoms with Crippen molar-refractivity contribution in [2.45, 2.75) is 26.8 Å². The van der Waals surface area contributed by atoms with Gasteiger partial charge in [0.1, 0.15) is 11.7 Å². The molecule has 2 rings (SSSR count). The Morgan fingerprint density at radius 2 is 1.88 bits per heavy atom. The predicted octanol–water partition coefficient (Wildman–Crippen LogP) is 0.900. The SMILES string of the molecule is CC(C)CNC(=O)c1c(NC(=O)C(C)n2cc(C(=O)O)cn2)cnn1C. The highest BCUT2D eigenvalue weighted by atomic mass is 16.4. The number of aryl methyl sites for hydroxylation is 1. The van der Waals surface area contributed by atoms with Gasteiger partial charge >= 0.3 is 5.97 Å². The lowest BCUT2D eigenvalue weighted by molar-refractivity contribution is -0.119. The van der Waals surface area contributed by atoms with Gasteiger partial charge in [-0.15, -0.1) is 0 Å². The predicted molar refractivity (Wildman–Crippen MR) is 92.9 cm³/mol. The Hall–Kier alpha value is -3.17. The zero-order valence-electron chi connectivity index (χ0n) is 15.1. The average Bonchev–Trinajstić information content (AvgIpc) is 3.19. The largest absolute Gasteiger partial charge is 0.478 e. The van der Waals surface area contributed by atoms with Gasteiger partial charge in [-0.2, -0.15) is 10.2 Å². The molecule has 0 radical (unpaired) electrons. The number of carboxylic acid groups (broad SMARTS) is 1. The van der Waals surface area contributed by atoms with E-state index in [1.165, 1.54) is 28.0 Å². The maximum atomic E-state index is 12.5. The number of aromatic carboxylic acids is 1. The van der Waals surface area contributed by atoms with Crippen LogP contribution in [-0.2, 0) is 11.8 Å².